The number of rotatable bonds is 7. The molecule has 0 amide bonds. The monoisotopic (exact) mass is 650 g/mol. The second kappa shape index (κ2) is 12.8. The Morgan fingerprint density at radius 3 is 1.00 bits per heavy atom. The Labute approximate surface area is 294 Å². The van der Waals surface area contributed by atoms with E-state index < -0.39 is 8.07 Å². The van der Waals surface area contributed by atoms with Crippen molar-refractivity contribution in [3.8, 4) is 33.4 Å². The van der Waals surface area contributed by atoms with Crippen LogP contribution in [-0.2, 0) is 0 Å². The zero-order valence-electron chi connectivity index (χ0n) is 29.9. The highest BCUT2D eigenvalue weighted by molar-refractivity contribution is 7.14. The lowest BCUT2D eigenvalue weighted by Crippen LogP contribution is -2.74. The van der Waals surface area contributed by atoms with E-state index in [-0.39, 0.29) is 5.04 Å². The molecule has 0 N–H and O–H groups in total. The van der Waals surface area contributed by atoms with Gasteiger partial charge in [-0.2, -0.15) is 0 Å². The van der Waals surface area contributed by atoms with Gasteiger partial charge in [-0.15, -0.1) is 0 Å². The molecule has 0 radical (unpaired) electrons. The van der Waals surface area contributed by atoms with Crippen LogP contribution < -0.4 is 15.6 Å². The molecule has 1 aliphatic rings. The molecule has 0 bridgehead atoms. The molecule has 49 heavy (non-hydrogen) atoms. The van der Waals surface area contributed by atoms with Crippen LogP contribution in [0.25, 0.3) is 33.4 Å². The van der Waals surface area contributed by atoms with Crippen LogP contribution in [0.2, 0.25) is 5.04 Å². The molecule has 1 atom stereocenters. The van der Waals surface area contributed by atoms with Crippen molar-refractivity contribution < 1.29 is 0 Å². The summed E-state index contributed by atoms with van der Waals surface area (Å²) in [6.45, 7) is 16.8. The van der Waals surface area contributed by atoms with Gasteiger partial charge in [0.25, 0.3) is 0 Å². The van der Waals surface area contributed by atoms with Crippen LogP contribution >= 0.6 is 0 Å². The number of benzene rings is 6. The van der Waals surface area contributed by atoms with Crippen molar-refractivity contribution >= 4 is 23.6 Å². The molecule has 0 fully saturated rings. The Morgan fingerprint density at radius 2 is 0.714 bits per heavy atom. The van der Waals surface area contributed by atoms with E-state index in [0.29, 0.717) is 0 Å². The second-order valence-electron chi connectivity index (χ2n) is 14.1. The minimum absolute atomic E-state index is 0.235. The number of hydrogen-bond donors (Lipinski definition) is 0. The first-order chi connectivity index (χ1) is 23.7. The molecule has 1 unspecified atom stereocenters. The molecular weight excluding hydrogens is 605 g/mol. The zero-order valence-corrected chi connectivity index (χ0v) is 30.9. The summed E-state index contributed by atoms with van der Waals surface area (Å²) in [7, 11) is -3.02. The lowest BCUT2D eigenvalue weighted by atomic mass is 10.00. The average molecular weight is 651 g/mol. The molecule has 0 aromatic heterocycles. The normalized spacial score (nSPS) is 16.2. The smallest absolute Gasteiger partial charge is 0.0730 e. The maximum absolute atomic E-state index is 3.02. The first-order valence-electron chi connectivity index (χ1n) is 17.5. The van der Waals surface area contributed by atoms with Crippen molar-refractivity contribution in [1.29, 1.82) is 0 Å². The molecule has 0 spiro atoms. The Kier molecular flexibility index (Phi) is 8.51. The first kappa shape index (κ1) is 32.6. The van der Waals surface area contributed by atoms with E-state index in [1.807, 2.05) is 0 Å². The Balaban J connectivity index is 1.70. The highest BCUT2D eigenvalue weighted by Crippen LogP contribution is 2.54. The highest BCUT2D eigenvalue weighted by Gasteiger charge is 2.58. The highest BCUT2D eigenvalue weighted by atomic mass is 28.3. The third-order valence-electron chi connectivity index (χ3n) is 11.7. The van der Waals surface area contributed by atoms with Gasteiger partial charge in [0, 0.05) is 5.04 Å². The Hall–Kier alpha value is -4.98. The van der Waals surface area contributed by atoms with Gasteiger partial charge >= 0.3 is 0 Å². The Bertz CT molecular complexity index is 2010. The van der Waals surface area contributed by atoms with Gasteiger partial charge in [0.2, 0.25) is 0 Å². The van der Waals surface area contributed by atoms with Gasteiger partial charge in [-0.05, 0) is 113 Å². The van der Waals surface area contributed by atoms with E-state index in [1.54, 1.807) is 0 Å². The summed E-state index contributed by atoms with van der Waals surface area (Å²) in [6, 6.07) is 54.2. The van der Waals surface area contributed by atoms with Gasteiger partial charge in [0.15, 0.2) is 8.07 Å². The van der Waals surface area contributed by atoms with Crippen LogP contribution in [0.5, 0.6) is 0 Å². The van der Waals surface area contributed by atoms with E-state index in [9.17, 15) is 0 Å². The van der Waals surface area contributed by atoms with Gasteiger partial charge < -0.3 is 0 Å². The van der Waals surface area contributed by atoms with Crippen LogP contribution in [0.1, 0.15) is 44.4 Å². The summed E-state index contributed by atoms with van der Waals surface area (Å²) in [6.07, 6.45) is 2.64. The van der Waals surface area contributed by atoms with Crippen molar-refractivity contribution in [2.24, 2.45) is 0 Å². The maximum Gasteiger partial charge on any atom is 0.162 e. The average Bonchev–Trinajstić information content (AvgIpc) is 3.33. The van der Waals surface area contributed by atoms with Crippen molar-refractivity contribution in [2.45, 2.75) is 53.5 Å². The fourth-order valence-corrected chi connectivity index (χ4v) is 15.8. The van der Waals surface area contributed by atoms with E-state index in [2.05, 4.69) is 200 Å². The fourth-order valence-electron chi connectivity index (χ4n) is 8.92. The zero-order chi connectivity index (χ0) is 34.3. The van der Waals surface area contributed by atoms with Crippen LogP contribution in [0, 0.1) is 20.8 Å². The molecule has 1 aliphatic carbocycles. The van der Waals surface area contributed by atoms with Crippen LogP contribution in [0.4, 0.5) is 0 Å². The second-order valence-corrected chi connectivity index (χ2v) is 18.2. The summed E-state index contributed by atoms with van der Waals surface area (Å²) in [4.78, 5) is 0. The molecule has 1 heteroatoms. The van der Waals surface area contributed by atoms with Crippen molar-refractivity contribution in [3.63, 3.8) is 0 Å². The lowest BCUT2D eigenvalue weighted by Gasteiger charge is -2.49. The summed E-state index contributed by atoms with van der Waals surface area (Å²) in [5.41, 5.74) is 16.1. The largest absolute Gasteiger partial charge is 0.162 e. The lowest BCUT2D eigenvalue weighted by molar-refractivity contribution is 0.869. The van der Waals surface area contributed by atoms with Crippen molar-refractivity contribution in [3.05, 3.63) is 185 Å². The summed E-state index contributed by atoms with van der Waals surface area (Å²) < 4.78 is 0. The molecule has 0 saturated heterocycles. The summed E-state index contributed by atoms with van der Waals surface area (Å²) in [5.74, 6) is 0. The molecule has 7 rings (SSSR count). The number of allylic oxidation sites excluding steroid dienone is 4. The van der Waals surface area contributed by atoms with Crippen molar-refractivity contribution in [1.82, 2.24) is 0 Å². The summed E-state index contributed by atoms with van der Waals surface area (Å²) >= 11 is 0. The molecule has 6 aromatic rings. The van der Waals surface area contributed by atoms with Crippen LogP contribution in [0.15, 0.2) is 168 Å². The molecule has 0 nitrogen and oxygen atoms in total. The minimum atomic E-state index is -3.02. The van der Waals surface area contributed by atoms with Crippen LogP contribution in [0.3, 0.4) is 0 Å². The van der Waals surface area contributed by atoms with Gasteiger partial charge in [0.05, 0.1) is 0 Å². The number of hydrogen-bond acceptors (Lipinski definition) is 0. The third-order valence-corrected chi connectivity index (χ3v) is 17.8. The maximum atomic E-state index is 2.64. The predicted octanol–water partition coefficient (Wildman–Crippen LogP) is 11.1. The quantitative estimate of drug-likeness (QED) is 0.119. The van der Waals surface area contributed by atoms with Gasteiger partial charge in [-0.25, -0.2) is 0 Å². The minimum Gasteiger partial charge on any atom is -0.0730 e. The van der Waals surface area contributed by atoms with Gasteiger partial charge in [-0.1, -0.05) is 170 Å². The fraction of sp³-hybridized carbons (Fsp3) is 0.167. The standard InChI is InChI=1S/C48H46Si/c1-33-32-48(7,38(6)34(33)2)49(45-29-17-26-42(35(45)3)39-20-11-8-12-21-39,46-30-18-27-43(36(46)4)40-22-13-9-14-23-40)47-31-19-28-44(37(47)5)41-24-15-10-16-25-41/h8-32H,1-7H3. The third kappa shape index (κ3) is 5.11. The topological polar surface area (TPSA) is 0 Å². The predicted molar refractivity (Wildman–Crippen MR) is 215 cm³/mol. The first-order valence-corrected chi connectivity index (χ1v) is 19.5. The van der Waals surface area contributed by atoms with Gasteiger partial charge in [0.1, 0.15) is 0 Å². The van der Waals surface area contributed by atoms with Crippen molar-refractivity contribution in [2.75, 3.05) is 0 Å². The molecular formula is C48H46Si. The molecule has 0 heterocycles. The molecule has 0 aliphatic heterocycles. The SMILES string of the molecule is CC1=CC(C)([Si](c2cccc(-c3ccccc3)c2C)(c2cccc(-c3ccccc3)c2C)c2cccc(-c3ccccc3)c2C)C(C)=C1C. The van der Waals surface area contributed by atoms with E-state index in [0.717, 1.165) is 0 Å². The molecule has 242 valence electrons. The van der Waals surface area contributed by atoms with Crippen LogP contribution in [-0.4, -0.2) is 8.07 Å². The van der Waals surface area contributed by atoms with E-state index in [1.165, 1.54) is 82.4 Å². The van der Waals surface area contributed by atoms with E-state index >= 15 is 0 Å². The molecule has 0 saturated carbocycles. The Morgan fingerprint density at radius 1 is 0.388 bits per heavy atom. The van der Waals surface area contributed by atoms with E-state index in [4.69, 9.17) is 0 Å². The van der Waals surface area contributed by atoms with Gasteiger partial charge in [-0.3, -0.25) is 0 Å². The summed E-state index contributed by atoms with van der Waals surface area (Å²) in [5, 5.41) is 4.21. The molecule has 6 aromatic carbocycles.